The van der Waals surface area contributed by atoms with Crippen LogP contribution in [0.5, 0.6) is 0 Å². The van der Waals surface area contributed by atoms with Gasteiger partial charge in [0, 0.05) is 24.5 Å². The fourth-order valence-electron chi connectivity index (χ4n) is 1.50. The Labute approximate surface area is 118 Å². The highest BCUT2D eigenvalue weighted by Crippen LogP contribution is 2.07. The number of rotatable bonds is 7. The molecule has 0 aliphatic carbocycles. The molecule has 0 spiro atoms. The monoisotopic (exact) mass is 282 g/mol. The van der Waals surface area contributed by atoms with E-state index >= 15 is 0 Å². The molecule has 106 valence electrons. The number of carbonyl (C=O) groups is 1. The first-order valence-electron chi connectivity index (χ1n) is 6.57. The molecule has 1 heterocycles. The maximum Gasteiger partial charge on any atom is 0.241 e. The molecule has 0 saturated heterocycles. The highest BCUT2D eigenvalue weighted by molar-refractivity contribution is 7.09. The number of aliphatic imine (C=N–C) groups is 1. The quantitative estimate of drug-likeness (QED) is 0.516. The maximum atomic E-state index is 11.3. The van der Waals surface area contributed by atoms with Gasteiger partial charge in [-0.1, -0.05) is 6.07 Å². The van der Waals surface area contributed by atoms with Crippen molar-refractivity contribution in [1.82, 2.24) is 16.0 Å². The number of thiophene rings is 1. The average Bonchev–Trinajstić information content (AvgIpc) is 2.89. The fraction of sp³-hybridized carbons (Fsp3) is 0.538. The van der Waals surface area contributed by atoms with E-state index in [9.17, 15) is 4.79 Å². The molecule has 1 aromatic heterocycles. The van der Waals surface area contributed by atoms with E-state index in [1.54, 1.807) is 11.3 Å². The molecule has 0 bridgehead atoms. The van der Waals surface area contributed by atoms with Crippen LogP contribution in [0.2, 0.25) is 0 Å². The molecule has 6 heteroatoms. The first-order valence-corrected chi connectivity index (χ1v) is 7.45. The standard InChI is InChI=1S/C13H22N4OS/c1-3-14-12(18)10-17-13(15-4-2)16-8-7-11-6-5-9-19-11/h5-6,9H,3-4,7-8,10H2,1-2H3,(H,14,18)(H2,15,16,17). The van der Waals surface area contributed by atoms with Crippen molar-refractivity contribution < 1.29 is 4.79 Å². The molecule has 1 aromatic rings. The number of guanidine groups is 1. The van der Waals surface area contributed by atoms with Gasteiger partial charge in [-0.3, -0.25) is 4.79 Å². The number of amides is 1. The molecule has 0 radical (unpaired) electrons. The fourth-order valence-corrected chi connectivity index (χ4v) is 2.21. The topological polar surface area (TPSA) is 65.5 Å². The summed E-state index contributed by atoms with van der Waals surface area (Å²) in [4.78, 5) is 16.9. The van der Waals surface area contributed by atoms with Crippen molar-refractivity contribution in [1.29, 1.82) is 0 Å². The maximum absolute atomic E-state index is 11.3. The van der Waals surface area contributed by atoms with Crippen molar-refractivity contribution in [3.05, 3.63) is 22.4 Å². The summed E-state index contributed by atoms with van der Waals surface area (Å²) >= 11 is 1.75. The highest BCUT2D eigenvalue weighted by Gasteiger charge is 2.01. The van der Waals surface area contributed by atoms with Crippen LogP contribution in [0.3, 0.4) is 0 Å². The number of carbonyl (C=O) groups excluding carboxylic acids is 1. The van der Waals surface area contributed by atoms with E-state index in [1.165, 1.54) is 4.88 Å². The molecule has 1 amide bonds. The third-order valence-corrected chi connectivity index (χ3v) is 3.28. The third kappa shape index (κ3) is 6.81. The molecule has 0 unspecified atom stereocenters. The van der Waals surface area contributed by atoms with Gasteiger partial charge in [0.25, 0.3) is 0 Å². The van der Waals surface area contributed by atoms with Gasteiger partial charge < -0.3 is 16.0 Å². The summed E-state index contributed by atoms with van der Waals surface area (Å²) in [7, 11) is 0. The van der Waals surface area contributed by atoms with Crippen molar-refractivity contribution in [2.45, 2.75) is 20.3 Å². The van der Waals surface area contributed by atoms with E-state index in [2.05, 4.69) is 32.4 Å². The molecule has 0 atom stereocenters. The van der Waals surface area contributed by atoms with Gasteiger partial charge in [-0.05, 0) is 31.7 Å². The van der Waals surface area contributed by atoms with Crippen molar-refractivity contribution in [2.75, 3.05) is 26.2 Å². The van der Waals surface area contributed by atoms with Gasteiger partial charge in [-0.25, -0.2) is 4.99 Å². The second-order valence-electron chi connectivity index (χ2n) is 3.90. The Kier molecular flexibility index (Phi) is 7.65. The van der Waals surface area contributed by atoms with Crippen LogP contribution in [-0.4, -0.2) is 38.0 Å². The zero-order chi connectivity index (χ0) is 13.9. The van der Waals surface area contributed by atoms with Crippen LogP contribution in [-0.2, 0) is 11.2 Å². The molecule has 0 saturated carbocycles. The number of nitrogens with one attached hydrogen (secondary N) is 3. The lowest BCUT2D eigenvalue weighted by molar-refractivity contribution is -0.119. The van der Waals surface area contributed by atoms with E-state index in [0.29, 0.717) is 12.5 Å². The third-order valence-electron chi connectivity index (χ3n) is 2.34. The zero-order valence-electron chi connectivity index (χ0n) is 11.5. The van der Waals surface area contributed by atoms with Gasteiger partial charge in [0.2, 0.25) is 5.91 Å². The lowest BCUT2D eigenvalue weighted by Crippen LogP contribution is -2.39. The summed E-state index contributed by atoms with van der Waals surface area (Å²) in [5.74, 6) is 0.628. The summed E-state index contributed by atoms with van der Waals surface area (Å²) in [5, 5.41) is 11.1. The van der Waals surface area contributed by atoms with Crippen molar-refractivity contribution in [3.63, 3.8) is 0 Å². The molecule has 0 aliphatic rings. The van der Waals surface area contributed by atoms with Crippen LogP contribution in [0, 0.1) is 0 Å². The number of likely N-dealkylation sites (N-methyl/N-ethyl adjacent to an activating group) is 1. The summed E-state index contributed by atoms with van der Waals surface area (Å²) in [6.45, 7) is 6.27. The highest BCUT2D eigenvalue weighted by atomic mass is 32.1. The summed E-state index contributed by atoms with van der Waals surface area (Å²) < 4.78 is 0. The summed E-state index contributed by atoms with van der Waals surface area (Å²) in [6.07, 6.45) is 0.962. The van der Waals surface area contributed by atoms with Gasteiger partial charge in [0.1, 0.15) is 6.54 Å². The predicted octanol–water partition coefficient (Wildman–Crippen LogP) is 0.982. The van der Waals surface area contributed by atoms with E-state index in [-0.39, 0.29) is 12.5 Å². The van der Waals surface area contributed by atoms with Crippen molar-refractivity contribution in [3.8, 4) is 0 Å². The van der Waals surface area contributed by atoms with E-state index in [4.69, 9.17) is 0 Å². The minimum Gasteiger partial charge on any atom is -0.357 e. The number of hydrogen-bond donors (Lipinski definition) is 3. The second kappa shape index (κ2) is 9.38. The van der Waals surface area contributed by atoms with Crippen LogP contribution in [0.25, 0.3) is 0 Å². The van der Waals surface area contributed by atoms with Crippen molar-refractivity contribution in [2.24, 2.45) is 4.99 Å². The molecule has 0 fully saturated rings. The Hall–Kier alpha value is -1.56. The Morgan fingerprint density at radius 2 is 2.05 bits per heavy atom. The smallest absolute Gasteiger partial charge is 0.241 e. The SMILES string of the molecule is CCNC(=O)CN=C(NCC)NCCc1cccs1. The van der Waals surface area contributed by atoms with Gasteiger partial charge in [-0.2, -0.15) is 0 Å². The van der Waals surface area contributed by atoms with Crippen LogP contribution in [0.1, 0.15) is 18.7 Å². The Morgan fingerprint density at radius 1 is 1.26 bits per heavy atom. The van der Waals surface area contributed by atoms with Crippen LogP contribution >= 0.6 is 11.3 Å². The van der Waals surface area contributed by atoms with E-state index < -0.39 is 0 Å². The van der Waals surface area contributed by atoms with Gasteiger partial charge in [-0.15, -0.1) is 11.3 Å². The molecule has 1 rings (SSSR count). The first kappa shape index (κ1) is 15.5. The lowest BCUT2D eigenvalue weighted by Gasteiger charge is -2.10. The Morgan fingerprint density at radius 3 is 2.68 bits per heavy atom. The van der Waals surface area contributed by atoms with Crippen LogP contribution in [0.15, 0.2) is 22.5 Å². The Balaban J connectivity index is 2.34. The minimum atomic E-state index is -0.0574. The average molecular weight is 282 g/mol. The van der Waals surface area contributed by atoms with Crippen LogP contribution < -0.4 is 16.0 Å². The lowest BCUT2D eigenvalue weighted by atomic mass is 10.3. The summed E-state index contributed by atoms with van der Waals surface area (Å²) in [5.41, 5.74) is 0. The largest absolute Gasteiger partial charge is 0.357 e. The zero-order valence-corrected chi connectivity index (χ0v) is 12.3. The first-order chi connectivity index (χ1) is 9.26. The normalized spacial score (nSPS) is 11.2. The molecule has 0 aliphatic heterocycles. The molecule has 0 aromatic carbocycles. The molecular formula is C13H22N4OS. The van der Waals surface area contributed by atoms with Gasteiger partial charge in [0.05, 0.1) is 0 Å². The van der Waals surface area contributed by atoms with E-state index in [0.717, 1.165) is 19.5 Å². The van der Waals surface area contributed by atoms with Crippen LogP contribution in [0.4, 0.5) is 0 Å². The molecule has 5 nitrogen and oxygen atoms in total. The van der Waals surface area contributed by atoms with Crippen molar-refractivity contribution >= 4 is 23.2 Å². The van der Waals surface area contributed by atoms with Gasteiger partial charge in [0.15, 0.2) is 5.96 Å². The molecule has 3 N–H and O–H groups in total. The predicted molar refractivity (Wildman–Crippen MR) is 80.7 cm³/mol. The molecular weight excluding hydrogens is 260 g/mol. The second-order valence-corrected chi connectivity index (χ2v) is 4.94. The number of hydrogen-bond acceptors (Lipinski definition) is 3. The number of nitrogens with zero attached hydrogens (tertiary/aromatic N) is 1. The Bertz CT molecular complexity index is 389. The van der Waals surface area contributed by atoms with Gasteiger partial charge >= 0.3 is 0 Å². The summed E-state index contributed by atoms with van der Waals surface area (Å²) in [6, 6.07) is 4.17. The molecule has 19 heavy (non-hydrogen) atoms. The minimum absolute atomic E-state index is 0.0574. The van der Waals surface area contributed by atoms with E-state index in [1.807, 2.05) is 19.9 Å².